The molecule has 5 heteroatoms. The Kier molecular flexibility index (Phi) is 5.60. The van der Waals surface area contributed by atoms with E-state index >= 15 is 0 Å². The largest absolute Gasteiger partial charge is 0.307 e. The van der Waals surface area contributed by atoms with Crippen LogP contribution in [0.25, 0.3) is 0 Å². The predicted octanol–water partition coefficient (Wildman–Crippen LogP) is 3.63. The van der Waals surface area contributed by atoms with E-state index in [4.69, 9.17) is 11.6 Å². The zero-order chi connectivity index (χ0) is 13.8. The number of rotatable bonds is 5. The molecular weight excluding hydrogens is 278 g/mol. The third kappa shape index (κ3) is 3.47. The molecule has 1 saturated carbocycles. The van der Waals surface area contributed by atoms with Crippen LogP contribution in [0.15, 0.2) is 0 Å². The lowest BCUT2D eigenvalue weighted by atomic mass is 9.95. The maximum absolute atomic E-state index is 6.35. The summed E-state index contributed by atoms with van der Waals surface area (Å²) < 4.78 is 2.02. The highest BCUT2D eigenvalue weighted by Gasteiger charge is 2.24. The zero-order valence-corrected chi connectivity index (χ0v) is 13.7. The van der Waals surface area contributed by atoms with Gasteiger partial charge >= 0.3 is 0 Å². The van der Waals surface area contributed by atoms with Gasteiger partial charge in [-0.2, -0.15) is 16.9 Å². The molecule has 2 rings (SSSR count). The van der Waals surface area contributed by atoms with E-state index in [1.165, 1.54) is 25.7 Å². The van der Waals surface area contributed by atoms with Gasteiger partial charge < -0.3 is 5.32 Å². The lowest BCUT2D eigenvalue weighted by Crippen LogP contribution is -2.40. The summed E-state index contributed by atoms with van der Waals surface area (Å²) in [6.07, 6.45) is 7.55. The van der Waals surface area contributed by atoms with E-state index in [-0.39, 0.29) is 0 Å². The first-order chi connectivity index (χ1) is 9.17. The molecule has 108 valence electrons. The molecule has 0 spiro atoms. The van der Waals surface area contributed by atoms with E-state index in [1.54, 1.807) is 0 Å². The monoisotopic (exact) mass is 301 g/mol. The molecule has 2 unspecified atom stereocenters. The van der Waals surface area contributed by atoms with E-state index in [9.17, 15) is 0 Å². The van der Waals surface area contributed by atoms with Gasteiger partial charge in [-0.15, -0.1) is 0 Å². The van der Waals surface area contributed by atoms with Gasteiger partial charge in [-0.1, -0.05) is 24.4 Å². The number of aromatic nitrogens is 2. The molecule has 1 heterocycles. The maximum atomic E-state index is 6.35. The molecule has 0 aromatic carbocycles. The molecule has 1 aromatic heterocycles. The van der Waals surface area contributed by atoms with Crippen molar-refractivity contribution in [2.45, 2.75) is 63.9 Å². The number of nitrogens with zero attached hydrogens (tertiary/aromatic N) is 2. The highest BCUT2D eigenvalue weighted by molar-refractivity contribution is 7.99. The Morgan fingerprint density at radius 2 is 2.16 bits per heavy atom. The summed E-state index contributed by atoms with van der Waals surface area (Å²) in [6.45, 7) is 5.79. The molecule has 0 radical (unpaired) electrons. The Labute approximate surface area is 125 Å². The van der Waals surface area contributed by atoms with Crippen molar-refractivity contribution < 1.29 is 0 Å². The van der Waals surface area contributed by atoms with Crippen molar-refractivity contribution in [3.63, 3.8) is 0 Å². The Morgan fingerprint density at radius 1 is 1.42 bits per heavy atom. The molecule has 19 heavy (non-hydrogen) atoms. The summed E-state index contributed by atoms with van der Waals surface area (Å²) >= 11 is 8.34. The van der Waals surface area contributed by atoms with Crippen LogP contribution in [0.4, 0.5) is 0 Å². The van der Waals surface area contributed by atoms with Gasteiger partial charge in [0, 0.05) is 24.4 Å². The first-order valence-electron chi connectivity index (χ1n) is 7.15. The van der Waals surface area contributed by atoms with Crippen LogP contribution in [0.3, 0.4) is 0 Å². The van der Waals surface area contributed by atoms with Gasteiger partial charge in [0.15, 0.2) is 0 Å². The number of hydrogen-bond donors (Lipinski definition) is 1. The van der Waals surface area contributed by atoms with Gasteiger partial charge in [0.1, 0.15) is 0 Å². The van der Waals surface area contributed by atoms with E-state index in [0.717, 1.165) is 34.7 Å². The van der Waals surface area contributed by atoms with Crippen LogP contribution >= 0.6 is 23.4 Å². The molecular formula is C14H24ClN3S. The van der Waals surface area contributed by atoms with E-state index < -0.39 is 0 Å². The molecule has 1 fully saturated rings. The second kappa shape index (κ2) is 7.00. The van der Waals surface area contributed by atoms with Crippen molar-refractivity contribution in [3.05, 3.63) is 16.4 Å². The Morgan fingerprint density at radius 3 is 2.84 bits per heavy atom. The topological polar surface area (TPSA) is 29.9 Å². The number of nitrogens with one attached hydrogen (secondary N) is 1. The lowest BCUT2D eigenvalue weighted by Gasteiger charge is -2.31. The average Bonchev–Trinajstić information content (AvgIpc) is 2.72. The summed E-state index contributed by atoms with van der Waals surface area (Å²) in [7, 11) is 0. The number of hydrogen-bond acceptors (Lipinski definition) is 3. The molecule has 1 aliphatic carbocycles. The Hall–Kier alpha value is -0.190. The minimum absolute atomic E-state index is 0.611. The van der Waals surface area contributed by atoms with Gasteiger partial charge in [-0.05, 0) is 32.9 Å². The first kappa shape index (κ1) is 15.2. The third-order valence-corrected chi connectivity index (χ3v) is 5.65. The number of thioether (sulfide) groups is 1. The van der Waals surface area contributed by atoms with Crippen molar-refractivity contribution in [3.8, 4) is 0 Å². The molecule has 0 bridgehead atoms. The van der Waals surface area contributed by atoms with Crippen molar-refractivity contribution in [1.29, 1.82) is 0 Å². The molecule has 0 saturated heterocycles. The van der Waals surface area contributed by atoms with Gasteiger partial charge in [-0.3, -0.25) is 4.68 Å². The summed E-state index contributed by atoms with van der Waals surface area (Å²) in [5.41, 5.74) is 2.07. The van der Waals surface area contributed by atoms with E-state index in [0.29, 0.717) is 6.04 Å². The van der Waals surface area contributed by atoms with Crippen LogP contribution < -0.4 is 5.32 Å². The van der Waals surface area contributed by atoms with Gasteiger partial charge in [0.25, 0.3) is 0 Å². The second-order valence-electron chi connectivity index (χ2n) is 5.21. The minimum atomic E-state index is 0.611. The van der Waals surface area contributed by atoms with Crippen LogP contribution in [-0.4, -0.2) is 27.3 Å². The number of aryl methyl sites for hydroxylation is 2. The highest BCUT2D eigenvalue weighted by Crippen LogP contribution is 2.28. The highest BCUT2D eigenvalue weighted by atomic mass is 35.5. The van der Waals surface area contributed by atoms with Crippen LogP contribution in [0.5, 0.6) is 0 Å². The molecule has 1 N–H and O–H groups in total. The number of halogens is 1. The Balaban J connectivity index is 2.01. The van der Waals surface area contributed by atoms with Gasteiger partial charge in [0.05, 0.1) is 16.4 Å². The second-order valence-corrected chi connectivity index (χ2v) is 6.66. The smallest absolute Gasteiger partial charge is 0.0860 e. The van der Waals surface area contributed by atoms with E-state index in [1.807, 2.05) is 23.4 Å². The van der Waals surface area contributed by atoms with Crippen molar-refractivity contribution in [2.24, 2.45) is 0 Å². The molecule has 3 nitrogen and oxygen atoms in total. The summed E-state index contributed by atoms with van der Waals surface area (Å²) in [4.78, 5) is 0. The van der Waals surface area contributed by atoms with Crippen LogP contribution in [-0.2, 0) is 13.1 Å². The van der Waals surface area contributed by atoms with Crippen LogP contribution in [0, 0.1) is 6.92 Å². The van der Waals surface area contributed by atoms with Crippen molar-refractivity contribution in [1.82, 2.24) is 15.1 Å². The Bertz CT molecular complexity index is 419. The van der Waals surface area contributed by atoms with Crippen molar-refractivity contribution >= 4 is 23.4 Å². The fourth-order valence-corrected chi connectivity index (χ4v) is 4.04. The zero-order valence-electron chi connectivity index (χ0n) is 12.1. The molecule has 1 aromatic rings. The first-order valence-corrected chi connectivity index (χ1v) is 8.81. The van der Waals surface area contributed by atoms with Crippen LogP contribution in [0.2, 0.25) is 5.02 Å². The average molecular weight is 302 g/mol. The van der Waals surface area contributed by atoms with E-state index in [2.05, 4.69) is 23.6 Å². The fraction of sp³-hybridized carbons (Fsp3) is 0.786. The fourth-order valence-electron chi connectivity index (χ4n) is 2.88. The summed E-state index contributed by atoms with van der Waals surface area (Å²) in [5, 5.41) is 9.74. The van der Waals surface area contributed by atoms with Gasteiger partial charge in [0.2, 0.25) is 0 Å². The molecule has 2 atom stereocenters. The standard InChI is InChI=1S/C14H24ClN3S/c1-4-18-12(14(15)10(2)17-18)9-16-11-7-5-6-8-13(11)19-3/h11,13,16H,4-9H2,1-3H3. The normalized spacial score (nSPS) is 23.8. The maximum Gasteiger partial charge on any atom is 0.0860 e. The predicted molar refractivity (Wildman–Crippen MR) is 84.0 cm³/mol. The molecule has 0 aliphatic heterocycles. The third-order valence-electron chi connectivity index (χ3n) is 3.99. The van der Waals surface area contributed by atoms with Gasteiger partial charge in [-0.25, -0.2) is 0 Å². The SMILES string of the molecule is CCn1nc(C)c(Cl)c1CNC1CCCCC1SC. The minimum Gasteiger partial charge on any atom is -0.307 e. The van der Waals surface area contributed by atoms with Crippen molar-refractivity contribution in [2.75, 3.05) is 6.26 Å². The molecule has 0 amide bonds. The summed E-state index contributed by atoms with van der Waals surface area (Å²) in [5.74, 6) is 0. The summed E-state index contributed by atoms with van der Waals surface area (Å²) in [6, 6.07) is 0.611. The quantitative estimate of drug-likeness (QED) is 0.901. The lowest BCUT2D eigenvalue weighted by molar-refractivity contribution is 0.378. The molecule has 1 aliphatic rings. The van der Waals surface area contributed by atoms with Crippen LogP contribution in [0.1, 0.15) is 44.0 Å².